The van der Waals surface area contributed by atoms with E-state index in [2.05, 4.69) is 4.74 Å². The Morgan fingerprint density at radius 1 is 1.20 bits per heavy atom. The van der Waals surface area contributed by atoms with Crippen molar-refractivity contribution in [3.63, 3.8) is 0 Å². The monoisotopic (exact) mass is 320 g/mol. The van der Waals surface area contributed by atoms with Crippen LogP contribution in [0.4, 0.5) is 26.3 Å². The summed E-state index contributed by atoms with van der Waals surface area (Å²) < 4.78 is 76.9. The molecule has 1 aromatic heterocycles. The third-order valence-corrected chi connectivity index (χ3v) is 3.28. The van der Waals surface area contributed by atoms with Gasteiger partial charge in [0.05, 0.1) is 0 Å². The predicted octanol–water partition coefficient (Wildman–Crippen LogP) is 4.06. The average Bonchev–Trinajstić information content (AvgIpc) is 2.53. The molecule has 0 saturated carbocycles. The van der Waals surface area contributed by atoms with Gasteiger partial charge in [0.15, 0.2) is 5.78 Å². The van der Waals surface area contributed by atoms with E-state index < -0.39 is 30.8 Å². The van der Waals surface area contributed by atoms with E-state index in [0.29, 0.717) is 4.88 Å². The van der Waals surface area contributed by atoms with Crippen LogP contribution in [0, 0.1) is 13.8 Å². The first-order valence-corrected chi connectivity index (χ1v) is 6.10. The second-order valence-electron chi connectivity index (χ2n) is 4.02. The lowest BCUT2D eigenvalue weighted by Crippen LogP contribution is -2.45. The minimum absolute atomic E-state index is 0.0793. The summed E-state index contributed by atoms with van der Waals surface area (Å²) in [6, 6.07) is 1.40. The van der Waals surface area contributed by atoms with Gasteiger partial charge < -0.3 is 4.74 Å². The maximum atomic E-state index is 12.2. The number of thiophene rings is 1. The van der Waals surface area contributed by atoms with E-state index in [1.54, 1.807) is 13.8 Å². The smallest absolute Gasteiger partial charge is 0.353 e. The second kappa shape index (κ2) is 5.72. The van der Waals surface area contributed by atoms with Crippen LogP contribution in [0.1, 0.15) is 20.1 Å². The Labute approximate surface area is 114 Å². The van der Waals surface area contributed by atoms with Crippen molar-refractivity contribution in [1.82, 2.24) is 0 Å². The summed E-state index contributed by atoms with van der Waals surface area (Å²) in [5, 5.41) is 0. The van der Waals surface area contributed by atoms with Gasteiger partial charge in [0.2, 0.25) is 6.10 Å². The molecular weight excluding hydrogens is 310 g/mol. The van der Waals surface area contributed by atoms with E-state index in [-0.39, 0.29) is 5.56 Å². The Balaban J connectivity index is 2.79. The maximum Gasteiger partial charge on any atom is 0.423 e. The molecule has 0 aliphatic carbocycles. The first kappa shape index (κ1) is 17.0. The largest absolute Gasteiger partial charge is 0.423 e. The van der Waals surface area contributed by atoms with Gasteiger partial charge in [-0.05, 0) is 19.9 Å². The molecule has 114 valence electrons. The number of ketones is 1. The Hall–Kier alpha value is -1.09. The van der Waals surface area contributed by atoms with E-state index in [0.717, 1.165) is 4.88 Å². The summed E-state index contributed by atoms with van der Waals surface area (Å²) in [7, 11) is 0. The molecule has 9 heteroatoms. The number of hydrogen-bond donors (Lipinski definition) is 0. The lowest BCUT2D eigenvalue weighted by molar-refractivity contribution is -0.318. The highest BCUT2D eigenvalue weighted by Crippen LogP contribution is 2.35. The number of carbonyl (C=O) groups excluding carboxylic acids is 1. The van der Waals surface area contributed by atoms with Crippen LogP contribution in [0.25, 0.3) is 0 Å². The summed E-state index contributed by atoms with van der Waals surface area (Å²) in [4.78, 5) is 12.8. The van der Waals surface area contributed by atoms with Crippen LogP contribution in [-0.2, 0) is 4.74 Å². The lowest BCUT2D eigenvalue weighted by atomic mass is 10.2. The van der Waals surface area contributed by atoms with Gasteiger partial charge in [-0.25, -0.2) is 0 Å². The summed E-state index contributed by atoms with van der Waals surface area (Å²) in [6.45, 7) is 1.94. The Kier molecular flexibility index (Phi) is 4.86. The van der Waals surface area contributed by atoms with Gasteiger partial charge in [-0.1, -0.05) is 0 Å². The molecule has 0 bridgehead atoms. The van der Waals surface area contributed by atoms with Crippen molar-refractivity contribution in [3.8, 4) is 0 Å². The number of rotatable bonds is 4. The van der Waals surface area contributed by atoms with E-state index >= 15 is 0 Å². The highest BCUT2D eigenvalue weighted by atomic mass is 32.1. The van der Waals surface area contributed by atoms with Crippen LogP contribution in [0.5, 0.6) is 0 Å². The highest BCUT2D eigenvalue weighted by molar-refractivity contribution is 7.12. The zero-order valence-electron chi connectivity index (χ0n) is 10.4. The molecule has 0 aromatic carbocycles. The molecule has 1 heterocycles. The van der Waals surface area contributed by atoms with Crippen molar-refractivity contribution in [2.75, 3.05) is 6.61 Å². The number of ether oxygens (including phenoxy) is 1. The van der Waals surface area contributed by atoms with Gasteiger partial charge in [-0.3, -0.25) is 4.79 Å². The van der Waals surface area contributed by atoms with Crippen LogP contribution in [0.2, 0.25) is 0 Å². The van der Waals surface area contributed by atoms with E-state index in [1.165, 1.54) is 17.4 Å². The van der Waals surface area contributed by atoms with Crippen LogP contribution in [0.15, 0.2) is 6.07 Å². The van der Waals surface area contributed by atoms with E-state index in [9.17, 15) is 31.1 Å². The maximum absolute atomic E-state index is 12.2. The molecule has 1 aromatic rings. The zero-order valence-corrected chi connectivity index (χ0v) is 11.2. The fraction of sp³-hybridized carbons (Fsp3) is 0.545. The zero-order chi connectivity index (χ0) is 15.7. The summed E-state index contributed by atoms with van der Waals surface area (Å²) in [5.41, 5.74) is 0.0793. The van der Waals surface area contributed by atoms with Crippen molar-refractivity contribution >= 4 is 17.1 Å². The van der Waals surface area contributed by atoms with Gasteiger partial charge in [0.25, 0.3) is 0 Å². The van der Waals surface area contributed by atoms with E-state index in [1.807, 2.05) is 0 Å². The van der Waals surface area contributed by atoms with Gasteiger partial charge in [0.1, 0.15) is 6.61 Å². The molecule has 0 aliphatic heterocycles. The molecule has 0 unspecified atom stereocenters. The molecule has 0 radical (unpaired) electrons. The summed E-state index contributed by atoms with van der Waals surface area (Å²) >= 11 is 1.22. The van der Waals surface area contributed by atoms with Crippen LogP contribution in [0.3, 0.4) is 0 Å². The molecule has 20 heavy (non-hydrogen) atoms. The van der Waals surface area contributed by atoms with E-state index in [4.69, 9.17) is 0 Å². The minimum Gasteiger partial charge on any atom is -0.353 e. The molecule has 0 saturated heterocycles. The molecule has 2 nitrogen and oxygen atoms in total. The third-order valence-electron chi connectivity index (χ3n) is 2.32. The van der Waals surface area contributed by atoms with Crippen LogP contribution < -0.4 is 0 Å². The Morgan fingerprint density at radius 3 is 2.05 bits per heavy atom. The van der Waals surface area contributed by atoms with Gasteiger partial charge in [-0.2, -0.15) is 26.3 Å². The Bertz CT molecular complexity index is 474. The first-order valence-electron chi connectivity index (χ1n) is 5.28. The predicted molar refractivity (Wildman–Crippen MR) is 60.0 cm³/mol. The van der Waals surface area contributed by atoms with Gasteiger partial charge in [-0.15, -0.1) is 11.3 Å². The molecular formula is C11H10F6O2S. The van der Waals surface area contributed by atoms with Crippen molar-refractivity contribution in [1.29, 1.82) is 0 Å². The number of alkyl halides is 6. The Morgan fingerprint density at radius 2 is 1.70 bits per heavy atom. The van der Waals surface area contributed by atoms with Gasteiger partial charge >= 0.3 is 12.4 Å². The second-order valence-corrected chi connectivity index (χ2v) is 5.48. The van der Waals surface area contributed by atoms with Crippen LogP contribution in [-0.4, -0.2) is 30.8 Å². The molecule has 0 spiro atoms. The summed E-state index contributed by atoms with van der Waals surface area (Å²) in [5.74, 6) is -0.912. The van der Waals surface area contributed by atoms with Crippen LogP contribution >= 0.6 is 11.3 Å². The van der Waals surface area contributed by atoms with Crippen molar-refractivity contribution in [2.45, 2.75) is 32.3 Å². The van der Waals surface area contributed by atoms with Gasteiger partial charge in [0, 0.05) is 15.3 Å². The molecule has 0 amide bonds. The fourth-order valence-electron chi connectivity index (χ4n) is 1.52. The number of Topliss-reactive ketones (excluding diaryl/α,β-unsaturated/α-hetero) is 1. The van der Waals surface area contributed by atoms with Crippen molar-refractivity contribution < 1.29 is 35.9 Å². The minimum atomic E-state index is -5.61. The number of halogens is 6. The standard InChI is InChI=1S/C11H10F6O2S/c1-5-3-7(6(2)20-5)8(18)4-19-9(10(12,13)14)11(15,16)17/h3,9H,4H2,1-2H3. The lowest BCUT2D eigenvalue weighted by Gasteiger charge is -2.22. The molecule has 0 aliphatic rings. The third kappa shape index (κ3) is 4.20. The molecule has 1 rings (SSSR count). The molecule has 0 N–H and O–H groups in total. The average molecular weight is 320 g/mol. The van der Waals surface area contributed by atoms with Crippen molar-refractivity contribution in [3.05, 3.63) is 21.4 Å². The fourth-order valence-corrected chi connectivity index (χ4v) is 2.46. The highest BCUT2D eigenvalue weighted by Gasteiger charge is 2.58. The number of carbonyl (C=O) groups is 1. The quantitative estimate of drug-likeness (QED) is 0.618. The summed E-state index contributed by atoms with van der Waals surface area (Å²) in [6.07, 6.45) is -15.2. The van der Waals surface area contributed by atoms with Crippen molar-refractivity contribution in [2.24, 2.45) is 0 Å². The molecule has 0 fully saturated rings. The normalized spacial score (nSPS) is 13.1. The topological polar surface area (TPSA) is 26.3 Å². The molecule has 0 atom stereocenters. The SMILES string of the molecule is Cc1cc(C(=O)COC(C(F)(F)F)C(F)(F)F)c(C)s1. The number of aryl methyl sites for hydroxylation is 2. The number of hydrogen-bond acceptors (Lipinski definition) is 3. The first-order chi connectivity index (χ1) is 8.93.